The van der Waals surface area contributed by atoms with Crippen molar-refractivity contribution in [2.24, 2.45) is 0 Å². The van der Waals surface area contributed by atoms with Crippen molar-refractivity contribution in [3.05, 3.63) is 29.5 Å². The molecule has 7 heteroatoms. The van der Waals surface area contributed by atoms with Gasteiger partial charge in [0.1, 0.15) is 5.65 Å². The Hall–Kier alpha value is -1.55. The van der Waals surface area contributed by atoms with Crippen molar-refractivity contribution < 1.29 is 8.42 Å². The molecule has 0 aliphatic rings. The highest BCUT2D eigenvalue weighted by atomic mass is 35.5. The van der Waals surface area contributed by atoms with Gasteiger partial charge in [-0.05, 0) is 18.6 Å². The van der Waals surface area contributed by atoms with E-state index >= 15 is 0 Å². The van der Waals surface area contributed by atoms with Gasteiger partial charge in [-0.3, -0.25) is 4.40 Å². The minimum Gasteiger partial charge on any atom is -0.288 e. The van der Waals surface area contributed by atoms with Crippen molar-refractivity contribution in [3.8, 4) is 12.3 Å². The first kappa shape index (κ1) is 13.9. The lowest BCUT2D eigenvalue weighted by Crippen LogP contribution is -2.34. The number of aromatic nitrogens is 2. The number of sulfonamides is 1. The van der Waals surface area contributed by atoms with Crippen LogP contribution in [0.2, 0.25) is 5.15 Å². The Kier molecular flexibility index (Phi) is 3.80. The highest BCUT2D eigenvalue weighted by Crippen LogP contribution is 2.22. The Morgan fingerprint density at radius 1 is 1.58 bits per heavy atom. The van der Waals surface area contributed by atoms with E-state index in [-0.39, 0.29) is 10.2 Å². The monoisotopic (exact) mass is 297 g/mol. The maximum absolute atomic E-state index is 12.3. The predicted octanol–water partition coefficient (Wildman–Crippen LogP) is 1.68. The number of terminal acetylenes is 1. The standard InChI is InChI=1S/C12H12ClN3O2S/c1-3-9(4-2)15-19(17,18)12-11(13)14-10-7-5-6-8-16(10)12/h1,5-9,15H,4H2,2H3. The molecule has 0 bridgehead atoms. The second-order valence-corrected chi connectivity index (χ2v) is 5.87. The van der Waals surface area contributed by atoms with Crippen LogP contribution in [0.25, 0.3) is 5.65 Å². The molecule has 0 fully saturated rings. The zero-order valence-electron chi connectivity index (χ0n) is 10.2. The minimum absolute atomic E-state index is 0.0782. The van der Waals surface area contributed by atoms with Crippen LogP contribution in [0.5, 0.6) is 0 Å². The Morgan fingerprint density at radius 3 is 2.95 bits per heavy atom. The highest BCUT2D eigenvalue weighted by Gasteiger charge is 2.26. The van der Waals surface area contributed by atoms with Gasteiger partial charge >= 0.3 is 0 Å². The van der Waals surface area contributed by atoms with E-state index in [1.807, 2.05) is 0 Å². The van der Waals surface area contributed by atoms with Crippen LogP contribution in [0.15, 0.2) is 29.4 Å². The van der Waals surface area contributed by atoms with E-state index in [1.165, 1.54) is 4.40 Å². The number of hydrogen-bond acceptors (Lipinski definition) is 3. The predicted molar refractivity (Wildman–Crippen MR) is 73.4 cm³/mol. The first-order valence-corrected chi connectivity index (χ1v) is 7.46. The smallest absolute Gasteiger partial charge is 0.260 e. The Labute approximate surface area is 116 Å². The number of nitrogens with zero attached hydrogens (tertiary/aromatic N) is 2. The fraction of sp³-hybridized carbons (Fsp3) is 0.250. The van der Waals surface area contributed by atoms with Crippen LogP contribution in [0.3, 0.4) is 0 Å². The van der Waals surface area contributed by atoms with Crippen molar-refractivity contribution in [2.75, 3.05) is 0 Å². The Balaban J connectivity index is 2.55. The lowest BCUT2D eigenvalue weighted by molar-refractivity contribution is 0.565. The van der Waals surface area contributed by atoms with Gasteiger partial charge in [-0.25, -0.2) is 13.4 Å². The lowest BCUT2D eigenvalue weighted by atomic mass is 10.3. The third kappa shape index (κ3) is 2.59. The summed E-state index contributed by atoms with van der Waals surface area (Å²) in [5, 5.41) is -0.177. The van der Waals surface area contributed by atoms with E-state index in [0.29, 0.717) is 12.1 Å². The minimum atomic E-state index is -3.82. The molecule has 0 aromatic carbocycles. The van der Waals surface area contributed by atoms with Gasteiger partial charge < -0.3 is 0 Å². The number of imidazole rings is 1. The van der Waals surface area contributed by atoms with E-state index in [0.717, 1.165) is 0 Å². The van der Waals surface area contributed by atoms with Gasteiger partial charge in [0.25, 0.3) is 10.0 Å². The van der Waals surface area contributed by atoms with Gasteiger partial charge in [-0.2, -0.15) is 4.72 Å². The molecule has 19 heavy (non-hydrogen) atoms. The quantitative estimate of drug-likeness (QED) is 0.873. The molecule has 0 saturated carbocycles. The molecule has 5 nitrogen and oxygen atoms in total. The summed E-state index contributed by atoms with van der Waals surface area (Å²) in [7, 11) is -3.82. The van der Waals surface area contributed by atoms with Crippen molar-refractivity contribution >= 4 is 27.3 Å². The summed E-state index contributed by atoms with van der Waals surface area (Å²) < 4.78 is 28.4. The first-order valence-electron chi connectivity index (χ1n) is 5.60. The van der Waals surface area contributed by atoms with E-state index in [4.69, 9.17) is 18.0 Å². The summed E-state index contributed by atoms with van der Waals surface area (Å²) in [5.41, 5.74) is 0.460. The lowest BCUT2D eigenvalue weighted by Gasteiger charge is -2.11. The fourth-order valence-electron chi connectivity index (χ4n) is 1.66. The van der Waals surface area contributed by atoms with Crippen LogP contribution >= 0.6 is 11.6 Å². The van der Waals surface area contributed by atoms with E-state index in [1.54, 1.807) is 31.3 Å². The van der Waals surface area contributed by atoms with Crippen LogP contribution in [0.1, 0.15) is 13.3 Å². The molecule has 1 unspecified atom stereocenters. The topological polar surface area (TPSA) is 63.5 Å². The molecule has 1 atom stereocenters. The number of rotatable bonds is 4. The maximum Gasteiger partial charge on any atom is 0.260 e. The summed E-state index contributed by atoms with van der Waals surface area (Å²) in [6.07, 6.45) is 7.34. The zero-order valence-corrected chi connectivity index (χ0v) is 11.7. The number of nitrogens with one attached hydrogen (secondary N) is 1. The van der Waals surface area contributed by atoms with Gasteiger partial charge in [-0.1, -0.05) is 30.5 Å². The molecular weight excluding hydrogens is 286 g/mol. The molecule has 100 valence electrons. The van der Waals surface area contributed by atoms with Gasteiger partial charge in [0, 0.05) is 6.20 Å². The van der Waals surface area contributed by atoms with Gasteiger partial charge in [0.05, 0.1) is 6.04 Å². The number of hydrogen-bond donors (Lipinski definition) is 1. The van der Waals surface area contributed by atoms with Crippen LogP contribution < -0.4 is 4.72 Å². The average Bonchev–Trinajstić information content (AvgIpc) is 2.72. The third-order valence-corrected chi connectivity index (χ3v) is 4.48. The summed E-state index contributed by atoms with van der Waals surface area (Å²) in [6.45, 7) is 1.79. The second kappa shape index (κ2) is 5.21. The van der Waals surface area contributed by atoms with Crippen LogP contribution in [0, 0.1) is 12.3 Å². The molecule has 0 spiro atoms. The number of halogens is 1. The highest BCUT2D eigenvalue weighted by molar-refractivity contribution is 7.89. The SMILES string of the molecule is C#CC(CC)NS(=O)(=O)c1c(Cl)nc2ccccn12. The Morgan fingerprint density at radius 2 is 2.32 bits per heavy atom. The Bertz CT molecular complexity index is 746. The summed E-state index contributed by atoms with van der Waals surface area (Å²) >= 11 is 5.92. The van der Waals surface area contributed by atoms with E-state index in [2.05, 4.69) is 15.6 Å². The number of fused-ring (bicyclic) bond motifs is 1. The molecule has 2 aromatic heterocycles. The van der Waals surface area contributed by atoms with Crippen molar-refractivity contribution in [1.82, 2.24) is 14.1 Å². The molecule has 0 saturated heterocycles. The molecule has 2 rings (SSSR count). The van der Waals surface area contributed by atoms with Crippen molar-refractivity contribution in [3.63, 3.8) is 0 Å². The van der Waals surface area contributed by atoms with Crippen LogP contribution in [-0.4, -0.2) is 23.8 Å². The molecular formula is C12H12ClN3O2S. The molecule has 2 aromatic rings. The molecule has 2 heterocycles. The number of pyridine rings is 1. The second-order valence-electron chi connectivity index (χ2n) is 3.89. The summed E-state index contributed by atoms with van der Waals surface area (Å²) in [5.74, 6) is 2.37. The van der Waals surface area contributed by atoms with Crippen molar-refractivity contribution in [1.29, 1.82) is 0 Å². The van der Waals surface area contributed by atoms with Gasteiger partial charge in [0.15, 0.2) is 10.2 Å². The summed E-state index contributed by atoms with van der Waals surface area (Å²) in [6, 6.07) is 4.54. The molecule has 1 N–H and O–H groups in total. The fourth-order valence-corrected chi connectivity index (χ4v) is 3.55. The van der Waals surface area contributed by atoms with Crippen LogP contribution in [0.4, 0.5) is 0 Å². The van der Waals surface area contributed by atoms with Gasteiger partial charge in [0.2, 0.25) is 0 Å². The van der Waals surface area contributed by atoms with E-state index < -0.39 is 16.1 Å². The third-order valence-electron chi connectivity index (χ3n) is 2.61. The average molecular weight is 298 g/mol. The zero-order chi connectivity index (χ0) is 14.0. The van der Waals surface area contributed by atoms with E-state index in [9.17, 15) is 8.42 Å². The molecule has 0 amide bonds. The van der Waals surface area contributed by atoms with Crippen molar-refractivity contribution in [2.45, 2.75) is 24.4 Å². The molecule has 0 radical (unpaired) electrons. The largest absolute Gasteiger partial charge is 0.288 e. The summed E-state index contributed by atoms with van der Waals surface area (Å²) in [4.78, 5) is 4.00. The van der Waals surface area contributed by atoms with Gasteiger partial charge in [-0.15, -0.1) is 6.42 Å². The molecule has 0 aliphatic carbocycles. The first-order chi connectivity index (χ1) is 8.99. The maximum atomic E-state index is 12.3. The molecule has 0 aliphatic heterocycles. The van der Waals surface area contributed by atoms with Crippen LogP contribution in [-0.2, 0) is 10.0 Å². The normalized spacial score (nSPS) is 13.3.